The van der Waals surface area contributed by atoms with Gasteiger partial charge in [-0.2, -0.15) is 0 Å². The van der Waals surface area contributed by atoms with Gasteiger partial charge in [0.2, 0.25) is 0 Å². The third-order valence-corrected chi connectivity index (χ3v) is 4.14. The number of nitrogens with zero attached hydrogens (tertiary/aromatic N) is 1. The molecule has 2 nitrogen and oxygen atoms in total. The van der Waals surface area contributed by atoms with Gasteiger partial charge in [-0.15, -0.1) is 0 Å². The van der Waals surface area contributed by atoms with Crippen molar-refractivity contribution in [2.75, 3.05) is 26.2 Å². The predicted molar refractivity (Wildman–Crippen MR) is 71.2 cm³/mol. The van der Waals surface area contributed by atoms with Crippen LogP contribution >= 0.6 is 0 Å². The molecule has 1 aromatic rings. The van der Waals surface area contributed by atoms with Crippen LogP contribution in [0, 0.1) is 0 Å². The van der Waals surface area contributed by atoms with Crippen molar-refractivity contribution >= 4 is 0 Å². The SMILES string of the molecule is c1cc2c(c(CCN3CCCC3)c1)CNCC2. The number of hydrogen-bond acceptors (Lipinski definition) is 2. The van der Waals surface area contributed by atoms with E-state index in [1.165, 1.54) is 45.3 Å². The second kappa shape index (κ2) is 5.19. The largest absolute Gasteiger partial charge is 0.312 e. The van der Waals surface area contributed by atoms with E-state index in [1.807, 2.05) is 0 Å². The number of hydrogen-bond donors (Lipinski definition) is 1. The topological polar surface area (TPSA) is 15.3 Å². The van der Waals surface area contributed by atoms with Gasteiger partial charge in [0.25, 0.3) is 0 Å². The molecule has 2 heteroatoms. The second-order valence-electron chi connectivity index (χ2n) is 5.28. The first kappa shape index (κ1) is 11.2. The number of likely N-dealkylation sites (tertiary alicyclic amines) is 1. The fourth-order valence-electron chi connectivity index (χ4n) is 3.10. The minimum absolute atomic E-state index is 1.07. The number of rotatable bonds is 3. The lowest BCUT2D eigenvalue weighted by Crippen LogP contribution is -2.26. The van der Waals surface area contributed by atoms with Crippen LogP contribution in [0.4, 0.5) is 0 Å². The molecule has 0 bridgehead atoms. The van der Waals surface area contributed by atoms with Crippen molar-refractivity contribution in [1.82, 2.24) is 10.2 Å². The highest BCUT2D eigenvalue weighted by Crippen LogP contribution is 2.19. The summed E-state index contributed by atoms with van der Waals surface area (Å²) < 4.78 is 0. The van der Waals surface area contributed by atoms with Crippen LogP contribution in [0.3, 0.4) is 0 Å². The molecule has 0 spiro atoms. The van der Waals surface area contributed by atoms with Crippen molar-refractivity contribution in [3.63, 3.8) is 0 Å². The predicted octanol–water partition coefficient (Wildman–Crippen LogP) is 1.97. The van der Waals surface area contributed by atoms with Crippen LogP contribution in [0.2, 0.25) is 0 Å². The molecule has 0 unspecified atom stereocenters. The summed E-state index contributed by atoms with van der Waals surface area (Å²) in [7, 11) is 0. The Hall–Kier alpha value is -0.860. The minimum Gasteiger partial charge on any atom is -0.312 e. The standard InChI is InChI=1S/C15H22N2/c1-2-10-17(9-1)11-7-14-5-3-4-13-6-8-16-12-15(13)14/h3-5,16H,1-2,6-12H2. The molecule has 0 aromatic heterocycles. The first-order valence-corrected chi connectivity index (χ1v) is 6.96. The first-order chi connectivity index (χ1) is 8.43. The fourth-order valence-corrected chi connectivity index (χ4v) is 3.10. The fraction of sp³-hybridized carbons (Fsp3) is 0.600. The third kappa shape index (κ3) is 2.53. The van der Waals surface area contributed by atoms with E-state index in [2.05, 4.69) is 28.4 Å². The Kier molecular flexibility index (Phi) is 3.44. The molecule has 2 heterocycles. The Bertz CT molecular complexity index is 381. The van der Waals surface area contributed by atoms with E-state index in [9.17, 15) is 0 Å². The van der Waals surface area contributed by atoms with Gasteiger partial charge in [-0.05, 0) is 62.0 Å². The summed E-state index contributed by atoms with van der Waals surface area (Å²) in [5, 5.41) is 3.50. The molecule has 1 N–H and O–H groups in total. The molecule has 1 saturated heterocycles. The first-order valence-electron chi connectivity index (χ1n) is 6.96. The van der Waals surface area contributed by atoms with E-state index >= 15 is 0 Å². The molecular formula is C15H22N2. The molecule has 0 atom stereocenters. The monoisotopic (exact) mass is 230 g/mol. The van der Waals surface area contributed by atoms with Gasteiger partial charge in [-0.3, -0.25) is 0 Å². The molecule has 17 heavy (non-hydrogen) atoms. The van der Waals surface area contributed by atoms with Crippen LogP contribution in [0.1, 0.15) is 29.5 Å². The molecule has 2 aliphatic rings. The summed E-state index contributed by atoms with van der Waals surface area (Å²) in [6, 6.07) is 6.86. The van der Waals surface area contributed by atoms with Crippen molar-refractivity contribution in [1.29, 1.82) is 0 Å². The summed E-state index contributed by atoms with van der Waals surface area (Å²) in [5.74, 6) is 0. The smallest absolute Gasteiger partial charge is 0.0211 e. The van der Waals surface area contributed by atoms with Gasteiger partial charge in [0.1, 0.15) is 0 Å². The average Bonchev–Trinajstić information content (AvgIpc) is 2.89. The van der Waals surface area contributed by atoms with E-state index < -0.39 is 0 Å². The second-order valence-corrected chi connectivity index (χ2v) is 5.28. The van der Waals surface area contributed by atoms with Crippen molar-refractivity contribution in [2.24, 2.45) is 0 Å². The van der Waals surface area contributed by atoms with Crippen molar-refractivity contribution < 1.29 is 0 Å². The third-order valence-electron chi connectivity index (χ3n) is 4.14. The molecule has 92 valence electrons. The van der Waals surface area contributed by atoms with Crippen LogP contribution in [-0.4, -0.2) is 31.1 Å². The van der Waals surface area contributed by atoms with Crippen LogP contribution < -0.4 is 5.32 Å². The molecule has 0 amide bonds. The van der Waals surface area contributed by atoms with Gasteiger partial charge in [-0.1, -0.05) is 18.2 Å². The zero-order valence-electron chi connectivity index (χ0n) is 10.5. The number of nitrogens with one attached hydrogen (secondary N) is 1. The number of fused-ring (bicyclic) bond motifs is 1. The Labute approximate surface area is 104 Å². The number of benzene rings is 1. The van der Waals surface area contributed by atoms with Crippen LogP contribution in [-0.2, 0) is 19.4 Å². The summed E-state index contributed by atoms with van der Waals surface area (Å²) >= 11 is 0. The Morgan fingerprint density at radius 3 is 2.94 bits per heavy atom. The van der Waals surface area contributed by atoms with Gasteiger partial charge in [0, 0.05) is 13.1 Å². The van der Waals surface area contributed by atoms with Crippen molar-refractivity contribution in [3.8, 4) is 0 Å². The zero-order chi connectivity index (χ0) is 11.5. The average molecular weight is 230 g/mol. The lowest BCUT2D eigenvalue weighted by molar-refractivity contribution is 0.343. The zero-order valence-corrected chi connectivity index (χ0v) is 10.5. The molecular weight excluding hydrogens is 208 g/mol. The van der Waals surface area contributed by atoms with Gasteiger partial charge in [-0.25, -0.2) is 0 Å². The molecule has 0 radical (unpaired) electrons. The minimum atomic E-state index is 1.07. The van der Waals surface area contributed by atoms with E-state index in [4.69, 9.17) is 0 Å². The van der Waals surface area contributed by atoms with Gasteiger partial charge in [0.05, 0.1) is 0 Å². The normalized spacial score (nSPS) is 20.5. The summed E-state index contributed by atoms with van der Waals surface area (Å²) in [6.45, 7) is 6.09. The Morgan fingerprint density at radius 1 is 1.18 bits per heavy atom. The lowest BCUT2D eigenvalue weighted by atomic mass is 9.94. The highest BCUT2D eigenvalue weighted by atomic mass is 15.1. The van der Waals surface area contributed by atoms with Crippen LogP contribution in [0.5, 0.6) is 0 Å². The molecule has 0 aliphatic carbocycles. The Balaban J connectivity index is 1.69. The quantitative estimate of drug-likeness (QED) is 0.854. The molecule has 2 aliphatic heterocycles. The molecule has 1 aromatic carbocycles. The summed E-state index contributed by atoms with van der Waals surface area (Å²) in [4.78, 5) is 2.61. The van der Waals surface area contributed by atoms with E-state index in [0.717, 1.165) is 13.1 Å². The van der Waals surface area contributed by atoms with E-state index in [1.54, 1.807) is 16.7 Å². The van der Waals surface area contributed by atoms with Gasteiger partial charge in [0.15, 0.2) is 0 Å². The van der Waals surface area contributed by atoms with Crippen LogP contribution in [0.25, 0.3) is 0 Å². The summed E-state index contributed by atoms with van der Waals surface area (Å²) in [5.41, 5.74) is 4.72. The van der Waals surface area contributed by atoms with Gasteiger partial charge >= 0.3 is 0 Å². The van der Waals surface area contributed by atoms with Crippen molar-refractivity contribution in [2.45, 2.75) is 32.2 Å². The lowest BCUT2D eigenvalue weighted by Gasteiger charge is -2.22. The summed E-state index contributed by atoms with van der Waals surface area (Å²) in [6.07, 6.45) is 5.22. The van der Waals surface area contributed by atoms with Crippen molar-refractivity contribution in [3.05, 3.63) is 34.9 Å². The highest BCUT2D eigenvalue weighted by molar-refractivity contribution is 5.37. The van der Waals surface area contributed by atoms with E-state index in [0.29, 0.717) is 0 Å². The molecule has 0 saturated carbocycles. The highest BCUT2D eigenvalue weighted by Gasteiger charge is 2.14. The van der Waals surface area contributed by atoms with Gasteiger partial charge < -0.3 is 10.2 Å². The molecule has 1 fully saturated rings. The Morgan fingerprint density at radius 2 is 2.06 bits per heavy atom. The van der Waals surface area contributed by atoms with E-state index in [-0.39, 0.29) is 0 Å². The maximum atomic E-state index is 3.50. The molecule has 3 rings (SSSR count). The maximum Gasteiger partial charge on any atom is 0.0211 e. The maximum absolute atomic E-state index is 3.50. The van der Waals surface area contributed by atoms with Crippen LogP contribution in [0.15, 0.2) is 18.2 Å².